The number of fused-ring (bicyclic) bond motifs is 1. The van der Waals surface area contributed by atoms with E-state index in [9.17, 15) is 4.79 Å². The SMILES string of the molecule is CC1=C[C@@]23CC[C@@H]4[C@@]5(C)CCC[C@@]4(C(=O)OC5)[C@@H]2CC[C@@H]1C3. The van der Waals surface area contributed by atoms with E-state index in [2.05, 4.69) is 19.9 Å². The Morgan fingerprint density at radius 2 is 2.00 bits per heavy atom. The van der Waals surface area contributed by atoms with Gasteiger partial charge in [0.05, 0.1) is 12.0 Å². The molecule has 4 aliphatic carbocycles. The van der Waals surface area contributed by atoms with Crippen LogP contribution in [0, 0.1) is 34.0 Å². The summed E-state index contributed by atoms with van der Waals surface area (Å²) in [5.41, 5.74) is 2.05. The van der Waals surface area contributed by atoms with Gasteiger partial charge in [0.1, 0.15) is 0 Å². The van der Waals surface area contributed by atoms with E-state index in [4.69, 9.17) is 4.74 Å². The van der Waals surface area contributed by atoms with Crippen LogP contribution >= 0.6 is 0 Å². The molecular formula is C20H28O2. The highest BCUT2D eigenvalue weighted by Crippen LogP contribution is 2.72. The van der Waals surface area contributed by atoms with E-state index in [0.717, 1.165) is 12.3 Å². The fourth-order valence-corrected chi connectivity index (χ4v) is 7.71. The number of esters is 1. The van der Waals surface area contributed by atoms with Gasteiger partial charge in [-0.05, 0) is 75.0 Å². The first-order valence-corrected chi connectivity index (χ1v) is 9.37. The molecule has 5 rings (SSSR count). The largest absolute Gasteiger partial charge is 0.465 e. The minimum Gasteiger partial charge on any atom is -0.465 e. The molecule has 0 aromatic rings. The van der Waals surface area contributed by atoms with E-state index >= 15 is 0 Å². The molecule has 1 heterocycles. The number of cyclic esters (lactones) is 1. The molecule has 1 spiro atoms. The Morgan fingerprint density at radius 1 is 1.14 bits per heavy atom. The summed E-state index contributed by atoms with van der Waals surface area (Å²) in [7, 11) is 0. The van der Waals surface area contributed by atoms with Crippen LogP contribution < -0.4 is 0 Å². The molecule has 5 aliphatic rings. The summed E-state index contributed by atoms with van der Waals surface area (Å²) in [5.74, 6) is 2.12. The topological polar surface area (TPSA) is 26.3 Å². The number of ether oxygens (including phenoxy) is 1. The third-order valence-corrected chi connectivity index (χ3v) is 8.52. The van der Waals surface area contributed by atoms with Gasteiger partial charge in [-0.1, -0.05) is 25.0 Å². The van der Waals surface area contributed by atoms with Crippen LogP contribution in [-0.4, -0.2) is 12.6 Å². The average molecular weight is 300 g/mol. The van der Waals surface area contributed by atoms with Crippen molar-refractivity contribution in [2.45, 2.75) is 65.2 Å². The molecule has 3 saturated carbocycles. The van der Waals surface area contributed by atoms with Crippen LogP contribution in [0.25, 0.3) is 0 Å². The molecule has 0 N–H and O–H groups in total. The smallest absolute Gasteiger partial charge is 0.312 e. The van der Waals surface area contributed by atoms with Crippen molar-refractivity contribution < 1.29 is 9.53 Å². The summed E-state index contributed by atoms with van der Waals surface area (Å²) >= 11 is 0. The predicted molar refractivity (Wildman–Crippen MR) is 85.1 cm³/mol. The molecule has 1 saturated heterocycles. The van der Waals surface area contributed by atoms with Crippen LogP contribution in [0.3, 0.4) is 0 Å². The number of hydrogen-bond acceptors (Lipinski definition) is 2. The molecule has 4 fully saturated rings. The summed E-state index contributed by atoms with van der Waals surface area (Å²) < 4.78 is 5.83. The van der Waals surface area contributed by atoms with E-state index in [1.807, 2.05) is 0 Å². The van der Waals surface area contributed by atoms with Crippen molar-refractivity contribution in [2.75, 3.05) is 6.61 Å². The third kappa shape index (κ3) is 1.37. The standard InChI is InChI=1S/C20H28O2/c1-13-10-19-9-6-15-18(2)7-3-8-20(15,17(21)22-12-18)16(19)5-4-14(13)11-19/h10,14-16H,3-9,11-12H2,1-2H3/t14-,15-,16-,18+,19-,20+/m1/s1. The lowest BCUT2D eigenvalue weighted by Crippen LogP contribution is -2.65. The zero-order chi connectivity index (χ0) is 15.2. The molecule has 0 aromatic heterocycles. The number of hydrogen-bond donors (Lipinski definition) is 0. The normalized spacial score (nSPS) is 55.8. The van der Waals surface area contributed by atoms with Gasteiger partial charge in [0.2, 0.25) is 0 Å². The second kappa shape index (κ2) is 3.99. The van der Waals surface area contributed by atoms with Gasteiger partial charge in [-0.3, -0.25) is 4.79 Å². The number of allylic oxidation sites excluding steroid dienone is 2. The van der Waals surface area contributed by atoms with Crippen molar-refractivity contribution in [3.63, 3.8) is 0 Å². The Morgan fingerprint density at radius 3 is 2.86 bits per heavy atom. The Hall–Kier alpha value is -0.790. The maximum Gasteiger partial charge on any atom is 0.312 e. The predicted octanol–water partition coefficient (Wildman–Crippen LogP) is 4.49. The van der Waals surface area contributed by atoms with E-state index in [1.54, 1.807) is 5.57 Å². The van der Waals surface area contributed by atoms with Gasteiger partial charge < -0.3 is 4.74 Å². The first kappa shape index (κ1) is 13.6. The van der Waals surface area contributed by atoms with Gasteiger partial charge in [-0.2, -0.15) is 0 Å². The molecule has 4 bridgehead atoms. The molecule has 0 aromatic carbocycles. The van der Waals surface area contributed by atoms with Crippen LogP contribution in [0.5, 0.6) is 0 Å². The van der Waals surface area contributed by atoms with Crippen molar-refractivity contribution in [2.24, 2.45) is 34.0 Å². The fourth-order valence-electron chi connectivity index (χ4n) is 7.71. The van der Waals surface area contributed by atoms with Crippen molar-refractivity contribution in [1.29, 1.82) is 0 Å². The lowest BCUT2D eigenvalue weighted by atomic mass is 9.39. The summed E-state index contributed by atoms with van der Waals surface area (Å²) in [6.07, 6.45) is 12.6. The molecule has 6 atom stereocenters. The molecule has 22 heavy (non-hydrogen) atoms. The lowest BCUT2D eigenvalue weighted by molar-refractivity contribution is -0.228. The average Bonchev–Trinajstić information content (AvgIpc) is 2.73. The lowest BCUT2D eigenvalue weighted by Gasteiger charge is -2.65. The molecule has 120 valence electrons. The number of carbonyl (C=O) groups is 1. The molecule has 2 heteroatoms. The maximum atomic E-state index is 13.1. The molecule has 0 unspecified atom stereocenters. The van der Waals surface area contributed by atoms with Crippen molar-refractivity contribution in [3.8, 4) is 0 Å². The molecular weight excluding hydrogens is 272 g/mol. The van der Waals surface area contributed by atoms with Crippen molar-refractivity contribution >= 4 is 5.97 Å². The van der Waals surface area contributed by atoms with Gasteiger partial charge in [0.15, 0.2) is 0 Å². The summed E-state index contributed by atoms with van der Waals surface area (Å²) in [4.78, 5) is 13.1. The van der Waals surface area contributed by atoms with Crippen LogP contribution in [0.15, 0.2) is 11.6 Å². The fraction of sp³-hybridized carbons (Fsp3) is 0.850. The highest BCUT2D eigenvalue weighted by molar-refractivity contribution is 5.79. The zero-order valence-corrected chi connectivity index (χ0v) is 14.0. The number of carbonyl (C=O) groups excluding carboxylic acids is 1. The zero-order valence-electron chi connectivity index (χ0n) is 14.0. The Bertz CT molecular complexity index is 578. The highest BCUT2D eigenvalue weighted by atomic mass is 16.5. The molecule has 0 amide bonds. The Labute approximate surface area is 133 Å². The second-order valence-corrected chi connectivity index (χ2v) is 9.37. The van der Waals surface area contributed by atoms with Crippen LogP contribution in [0.4, 0.5) is 0 Å². The van der Waals surface area contributed by atoms with E-state index in [-0.39, 0.29) is 16.8 Å². The maximum absolute atomic E-state index is 13.1. The van der Waals surface area contributed by atoms with Crippen LogP contribution in [0.1, 0.15) is 65.2 Å². The van der Waals surface area contributed by atoms with Gasteiger partial charge >= 0.3 is 5.97 Å². The summed E-state index contributed by atoms with van der Waals surface area (Å²) in [6.45, 7) is 5.41. The monoisotopic (exact) mass is 300 g/mol. The number of rotatable bonds is 0. The third-order valence-electron chi connectivity index (χ3n) is 8.52. The van der Waals surface area contributed by atoms with E-state index in [1.165, 1.54) is 44.9 Å². The van der Waals surface area contributed by atoms with Gasteiger partial charge in [-0.25, -0.2) is 0 Å². The van der Waals surface area contributed by atoms with Gasteiger partial charge in [0.25, 0.3) is 0 Å². The first-order valence-electron chi connectivity index (χ1n) is 9.37. The molecule has 0 radical (unpaired) electrons. The second-order valence-electron chi connectivity index (χ2n) is 9.37. The first-order chi connectivity index (χ1) is 10.5. The van der Waals surface area contributed by atoms with Crippen molar-refractivity contribution in [3.05, 3.63) is 11.6 Å². The van der Waals surface area contributed by atoms with Gasteiger partial charge in [-0.15, -0.1) is 0 Å². The Balaban J connectivity index is 1.67. The molecule has 2 nitrogen and oxygen atoms in total. The highest BCUT2D eigenvalue weighted by Gasteiger charge is 2.69. The quantitative estimate of drug-likeness (QED) is 0.486. The van der Waals surface area contributed by atoms with E-state index in [0.29, 0.717) is 23.9 Å². The minimum atomic E-state index is -0.143. The summed E-state index contributed by atoms with van der Waals surface area (Å²) in [6, 6.07) is 0. The Kier molecular flexibility index (Phi) is 2.47. The molecule has 1 aliphatic heterocycles. The van der Waals surface area contributed by atoms with Gasteiger partial charge in [0, 0.05) is 5.41 Å². The van der Waals surface area contributed by atoms with Crippen molar-refractivity contribution in [1.82, 2.24) is 0 Å². The van der Waals surface area contributed by atoms with Crippen LogP contribution in [0.2, 0.25) is 0 Å². The minimum absolute atomic E-state index is 0.143. The van der Waals surface area contributed by atoms with Crippen LogP contribution in [-0.2, 0) is 9.53 Å². The van der Waals surface area contributed by atoms with E-state index < -0.39 is 0 Å². The summed E-state index contributed by atoms with van der Waals surface area (Å²) in [5, 5.41) is 0.